The Kier molecular flexibility index (Phi) is 22.0. The molecule has 6 atom stereocenters. The first-order valence-corrected chi connectivity index (χ1v) is 15.6. The maximum atomic E-state index is 12.5. The van der Waals surface area contributed by atoms with Gasteiger partial charge >= 0.3 is 11.9 Å². The van der Waals surface area contributed by atoms with Gasteiger partial charge in [-0.2, -0.15) is 0 Å². The highest BCUT2D eigenvalue weighted by Crippen LogP contribution is 2.22. The maximum absolute atomic E-state index is 12.5. The molecule has 1 aliphatic heterocycles. The first-order valence-electron chi connectivity index (χ1n) is 15.6. The largest absolute Gasteiger partial charge is 0.462 e. The minimum atomic E-state index is -1.60. The SMILES string of the molecule is CC/C=C\C/C=C\C/C=C\CCCCCC(=O)OC(COC(=O)CCCCCC)COC1OC(CO)C(O)C(O)C1O. The molecule has 1 rings (SSSR count). The highest BCUT2D eigenvalue weighted by molar-refractivity contribution is 5.70. The van der Waals surface area contributed by atoms with Crippen molar-refractivity contribution in [3.63, 3.8) is 0 Å². The predicted molar refractivity (Wildman–Crippen MR) is 159 cm³/mol. The van der Waals surface area contributed by atoms with E-state index >= 15 is 0 Å². The van der Waals surface area contributed by atoms with Gasteiger partial charge in [0.2, 0.25) is 0 Å². The number of aliphatic hydroxyl groups is 4. The number of rotatable bonds is 23. The Labute approximate surface area is 251 Å². The fourth-order valence-electron chi connectivity index (χ4n) is 4.26. The van der Waals surface area contributed by atoms with Gasteiger partial charge in [0.15, 0.2) is 12.4 Å². The van der Waals surface area contributed by atoms with E-state index in [0.717, 1.165) is 57.8 Å². The van der Waals surface area contributed by atoms with Crippen molar-refractivity contribution in [1.29, 1.82) is 0 Å². The summed E-state index contributed by atoms with van der Waals surface area (Å²) in [6.07, 6.45) is 15.2. The first kappa shape index (κ1) is 37.9. The van der Waals surface area contributed by atoms with Gasteiger partial charge < -0.3 is 39.4 Å². The molecule has 0 amide bonds. The van der Waals surface area contributed by atoms with E-state index in [1.54, 1.807) is 0 Å². The highest BCUT2D eigenvalue weighted by atomic mass is 16.7. The minimum Gasteiger partial charge on any atom is -0.462 e. The van der Waals surface area contributed by atoms with Gasteiger partial charge in [-0.1, -0.05) is 76.0 Å². The number of carbonyl (C=O) groups excluding carboxylic acids is 2. The molecule has 0 aromatic carbocycles. The van der Waals surface area contributed by atoms with Gasteiger partial charge in [0.25, 0.3) is 0 Å². The summed E-state index contributed by atoms with van der Waals surface area (Å²) in [6.45, 7) is 3.08. The van der Waals surface area contributed by atoms with Crippen LogP contribution in [0.3, 0.4) is 0 Å². The number of aliphatic hydroxyl groups excluding tert-OH is 4. The van der Waals surface area contributed by atoms with Crippen LogP contribution in [0.5, 0.6) is 0 Å². The van der Waals surface area contributed by atoms with Crippen molar-refractivity contribution in [3.05, 3.63) is 36.5 Å². The molecule has 1 saturated heterocycles. The Bertz CT molecular complexity index is 794. The molecule has 6 unspecified atom stereocenters. The number of allylic oxidation sites excluding steroid dienone is 6. The van der Waals surface area contributed by atoms with Gasteiger partial charge in [0.1, 0.15) is 31.0 Å². The molecule has 0 spiro atoms. The third-order valence-electron chi connectivity index (χ3n) is 6.79. The maximum Gasteiger partial charge on any atom is 0.306 e. The number of carbonyl (C=O) groups is 2. The van der Waals surface area contributed by atoms with Gasteiger partial charge in [-0.3, -0.25) is 9.59 Å². The van der Waals surface area contributed by atoms with Gasteiger partial charge in [0.05, 0.1) is 13.2 Å². The molecule has 1 fully saturated rings. The average Bonchev–Trinajstić information content (AvgIpc) is 2.98. The zero-order valence-corrected chi connectivity index (χ0v) is 25.5. The van der Waals surface area contributed by atoms with E-state index in [9.17, 15) is 30.0 Å². The molecule has 1 aliphatic rings. The van der Waals surface area contributed by atoms with Crippen LogP contribution in [0.2, 0.25) is 0 Å². The summed E-state index contributed by atoms with van der Waals surface area (Å²) in [6, 6.07) is 0. The molecular formula is C32H54O10. The molecule has 0 aliphatic carbocycles. The van der Waals surface area contributed by atoms with E-state index < -0.39 is 55.4 Å². The topological polar surface area (TPSA) is 152 Å². The van der Waals surface area contributed by atoms with Crippen LogP contribution >= 0.6 is 0 Å². The fourth-order valence-corrected chi connectivity index (χ4v) is 4.26. The van der Waals surface area contributed by atoms with Crippen molar-refractivity contribution >= 4 is 11.9 Å². The molecule has 10 nitrogen and oxygen atoms in total. The van der Waals surface area contributed by atoms with Crippen LogP contribution in [0.1, 0.15) is 97.3 Å². The van der Waals surface area contributed by atoms with Crippen LogP contribution in [0.15, 0.2) is 36.5 Å². The Morgan fingerprint density at radius 2 is 1.40 bits per heavy atom. The first-order chi connectivity index (χ1) is 20.3. The van der Waals surface area contributed by atoms with Crippen molar-refractivity contribution in [1.82, 2.24) is 0 Å². The lowest BCUT2D eigenvalue weighted by molar-refractivity contribution is -0.305. The van der Waals surface area contributed by atoms with Crippen LogP contribution in [0.25, 0.3) is 0 Å². The van der Waals surface area contributed by atoms with Crippen LogP contribution in [-0.2, 0) is 28.5 Å². The summed E-state index contributed by atoms with van der Waals surface area (Å²) in [4.78, 5) is 24.7. The lowest BCUT2D eigenvalue weighted by Crippen LogP contribution is -2.59. The number of unbranched alkanes of at least 4 members (excludes halogenated alkanes) is 6. The zero-order valence-electron chi connectivity index (χ0n) is 25.5. The smallest absolute Gasteiger partial charge is 0.306 e. The van der Waals surface area contributed by atoms with E-state index in [1.807, 2.05) is 0 Å². The van der Waals surface area contributed by atoms with Crippen molar-refractivity contribution in [2.45, 2.75) is 134 Å². The van der Waals surface area contributed by atoms with Crippen LogP contribution < -0.4 is 0 Å². The number of ether oxygens (including phenoxy) is 4. The van der Waals surface area contributed by atoms with Gasteiger partial charge in [-0.05, 0) is 44.9 Å². The normalized spacial score (nSPS) is 23.6. The Balaban J connectivity index is 2.47. The number of esters is 2. The van der Waals surface area contributed by atoms with Crippen molar-refractivity contribution in [2.75, 3.05) is 19.8 Å². The summed E-state index contributed by atoms with van der Waals surface area (Å²) in [7, 11) is 0. The average molecular weight is 599 g/mol. The molecule has 0 aromatic rings. The Hall–Kier alpha value is -2.08. The standard InChI is InChI=1S/C32H54O10/c1-3-5-7-9-10-11-12-13-14-15-16-17-19-21-28(35)41-25(23-39-27(34)20-18-8-6-4-2)24-40-32-31(38)30(37)29(36)26(22-33)42-32/h5,7,10-11,13-14,25-26,29-33,36-38H,3-4,6,8-9,12,15-24H2,1-2H3/b7-5-,11-10-,14-13-. The van der Waals surface area contributed by atoms with Crippen LogP contribution in [0.4, 0.5) is 0 Å². The van der Waals surface area contributed by atoms with Gasteiger partial charge in [-0.15, -0.1) is 0 Å². The minimum absolute atomic E-state index is 0.194. The zero-order chi connectivity index (χ0) is 31.0. The molecule has 0 bridgehead atoms. The third-order valence-corrected chi connectivity index (χ3v) is 6.79. The second kappa shape index (κ2) is 24.4. The molecule has 42 heavy (non-hydrogen) atoms. The predicted octanol–water partition coefficient (Wildman–Crippen LogP) is 4.04. The molecule has 0 radical (unpaired) electrons. The second-order valence-electron chi connectivity index (χ2n) is 10.5. The third kappa shape index (κ3) is 17.1. The van der Waals surface area contributed by atoms with Gasteiger partial charge in [0, 0.05) is 12.8 Å². The second-order valence-corrected chi connectivity index (χ2v) is 10.5. The molecule has 242 valence electrons. The number of hydrogen-bond acceptors (Lipinski definition) is 10. The molecule has 0 aromatic heterocycles. The van der Waals surface area contributed by atoms with Crippen molar-refractivity contribution in [2.24, 2.45) is 0 Å². The van der Waals surface area contributed by atoms with E-state index in [2.05, 4.69) is 50.3 Å². The quantitative estimate of drug-likeness (QED) is 0.0770. The van der Waals surface area contributed by atoms with Crippen molar-refractivity contribution in [3.8, 4) is 0 Å². The Morgan fingerprint density at radius 1 is 0.762 bits per heavy atom. The molecular weight excluding hydrogens is 544 g/mol. The highest BCUT2D eigenvalue weighted by Gasteiger charge is 2.44. The number of hydrogen-bond donors (Lipinski definition) is 4. The van der Waals surface area contributed by atoms with E-state index in [0.29, 0.717) is 12.8 Å². The molecule has 4 N–H and O–H groups in total. The van der Waals surface area contributed by atoms with Gasteiger partial charge in [-0.25, -0.2) is 0 Å². The molecule has 0 saturated carbocycles. The van der Waals surface area contributed by atoms with E-state index in [4.69, 9.17) is 18.9 Å². The van der Waals surface area contributed by atoms with E-state index in [1.165, 1.54) is 0 Å². The van der Waals surface area contributed by atoms with E-state index in [-0.39, 0.29) is 26.1 Å². The summed E-state index contributed by atoms with van der Waals surface area (Å²) >= 11 is 0. The monoisotopic (exact) mass is 598 g/mol. The summed E-state index contributed by atoms with van der Waals surface area (Å²) in [5.74, 6) is -0.869. The Morgan fingerprint density at radius 3 is 2.07 bits per heavy atom. The summed E-state index contributed by atoms with van der Waals surface area (Å²) < 4.78 is 21.7. The summed E-state index contributed by atoms with van der Waals surface area (Å²) in [5, 5.41) is 39.5. The summed E-state index contributed by atoms with van der Waals surface area (Å²) in [5.41, 5.74) is 0. The van der Waals surface area contributed by atoms with Crippen LogP contribution in [0, 0.1) is 0 Å². The molecule has 10 heteroatoms. The lowest BCUT2D eigenvalue weighted by atomic mass is 9.99. The van der Waals surface area contributed by atoms with Crippen molar-refractivity contribution < 1.29 is 49.0 Å². The van der Waals surface area contributed by atoms with Crippen LogP contribution in [-0.4, -0.2) is 89.0 Å². The molecule has 1 heterocycles. The lowest BCUT2D eigenvalue weighted by Gasteiger charge is -2.39. The fraction of sp³-hybridized carbons (Fsp3) is 0.750.